The summed E-state index contributed by atoms with van der Waals surface area (Å²) < 4.78 is 4.50. The maximum atomic E-state index is 9.25. The maximum Gasteiger partial charge on any atom is 0.261 e. The van der Waals surface area contributed by atoms with Crippen molar-refractivity contribution in [2.45, 2.75) is 0 Å². The zero-order chi connectivity index (χ0) is 9.42. The van der Waals surface area contributed by atoms with Crippen molar-refractivity contribution in [1.29, 1.82) is 0 Å². The summed E-state index contributed by atoms with van der Waals surface area (Å²) in [6.07, 6.45) is 0. The maximum absolute atomic E-state index is 9.25. The third kappa shape index (κ3) is 2.26. The zero-order valence-corrected chi connectivity index (χ0v) is 12.1. The molecule has 71 valence electrons. The van der Waals surface area contributed by atoms with E-state index in [1.54, 1.807) is 12.1 Å². The van der Waals surface area contributed by atoms with Crippen LogP contribution in [0.15, 0.2) is 16.8 Å². The number of hydrogen-bond acceptors (Lipinski definition) is 4. The molecule has 2 aromatic rings. The second kappa shape index (κ2) is 5.15. The Bertz CT molecular complexity index is 450. The number of hydrogen-bond donors (Lipinski definition) is 1. The summed E-state index contributed by atoms with van der Waals surface area (Å²) in [4.78, 5) is 9.25. The van der Waals surface area contributed by atoms with E-state index in [-0.39, 0.29) is 32.7 Å². The molecule has 1 aromatic carbocycles. The van der Waals surface area contributed by atoms with E-state index in [9.17, 15) is 4.89 Å². The van der Waals surface area contributed by atoms with Gasteiger partial charge in [0.15, 0.2) is 16.3 Å². The number of rotatable bonds is 1. The van der Waals surface area contributed by atoms with Crippen molar-refractivity contribution in [3.05, 3.63) is 17.2 Å². The third-order valence-corrected chi connectivity index (χ3v) is 3.35. The molecule has 0 spiro atoms. The summed E-state index contributed by atoms with van der Waals surface area (Å²) in [6, 6.07) is 3.23. The van der Waals surface area contributed by atoms with E-state index in [0.717, 1.165) is 0 Å². The molecule has 2 rings (SSSR count). The molecule has 8 heteroatoms. The average Bonchev–Trinajstić information content (AvgIpc) is 2.53. The Kier molecular flexibility index (Phi) is 4.70. The Balaban J connectivity index is 0.000000980. The van der Waals surface area contributed by atoms with Crippen molar-refractivity contribution in [3.8, 4) is 0 Å². The molecule has 1 aromatic heterocycles. The fourth-order valence-electron chi connectivity index (χ4n) is 1.00. The number of aromatic nitrogens is 2. The molecule has 0 saturated heterocycles. The molecule has 0 amide bonds. The first-order valence-corrected chi connectivity index (χ1v) is 6.16. The van der Waals surface area contributed by atoms with Crippen molar-refractivity contribution in [2.24, 2.45) is 0 Å². The van der Waals surface area contributed by atoms with Crippen molar-refractivity contribution in [3.63, 3.8) is 0 Å². The van der Waals surface area contributed by atoms with Crippen LogP contribution in [0.5, 0.6) is 0 Å². The Morgan fingerprint density at radius 1 is 1.29 bits per heavy atom. The number of benzene rings is 1. The van der Waals surface area contributed by atoms with Crippen molar-refractivity contribution < 1.29 is 42.2 Å². The summed E-state index contributed by atoms with van der Waals surface area (Å²) in [5.74, 6) is 0. The largest absolute Gasteiger partial charge is 0.261 e. The Hall–Kier alpha value is 0.694. The minimum absolute atomic E-state index is 0. The van der Waals surface area contributed by atoms with Crippen LogP contribution in [0.4, 0.5) is 0 Å². The Labute approximate surface area is 115 Å². The fraction of sp³-hybridized carbons (Fsp3) is 0. The van der Waals surface area contributed by atoms with Crippen LogP contribution in [-0.2, 0) is 32.7 Å². The molecule has 0 aliphatic heterocycles. The van der Waals surface area contributed by atoms with Gasteiger partial charge in [-0.05, 0) is 22.4 Å². The quantitative estimate of drug-likeness (QED) is 0.811. The van der Waals surface area contributed by atoms with E-state index in [1.807, 2.05) is 0 Å². The normalized spacial score (nSPS) is 12.5. The molecule has 0 fully saturated rings. The molecular weight excluding hydrogens is 323 g/mol. The van der Waals surface area contributed by atoms with Gasteiger partial charge in [-0.3, -0.25) is 0 Å². The molecule has 0 bridgehead atoms. The van der Waals surface area contributed by atoms with Crippen molar-refractivity contribution in [2.75, 3.05) is 0 Å². The van der Waals surface area contributed by atoms with Crippen molar-refractivity contribution in [1.82, 2.24) is 10.3 Å². The van der Waals surface area contributed by atoms with Gasteiger partial charge in [0.2, 0.25) is 0 Å². The molecule has 4 nitrogen and oxygen atoms in total. The van der Waals surface area contributed by atoms with Gasteiger partial charge >= 0.3 is 0 Å². The monoisotopic (exact) mass is 326 g/mol. The van der Waals surface area contributed by atoms with Crippen LogP contribution < -0.4 is 5.30 Å². The predicted octanol–water partition coefficient (Wildman–Crippen LogP) is 1.77. The van der Waals surface area contributed by atoms with Crippen LogP contribution in [0, 0.1) is 0 Å². The molecule has 1 N–H and O–H groups in total. The second-order valence-electron chi connectivity index (χ2n) is 2.35. The minimum atomic E-state index is -2.07. The van der Waals surface area contributed by atoms with Gasteiger partial charge in [0.1, 0.15) is 11.2 Å². The smallest absolute Gasteiger partial charge is 0.243 e. The van der Waals surface area contributed by atoms with Crippen LogP contribution in [0.25, 0.3) is 11.0 Å². The van der Waals surface area contributed by atoms with Crippen molar-refractivity contribution >= 4 is 46.7 Å². The first kappa shape index (κ1) is 12.8. The van der Waals surface area contributed by atoms with E-state index >= 15 is 0 Å². The minimum Gasteiger partial charge on any atom is -0.243 e. The van der Waals surface area contributed by atoms with Gasteiger partial charge in [-0.1, -0.05) is 11.6 Å². The predicted molar refractivity (Wildman–Crippen MR) is 52.8 cm³/mol. The van der Waals surface area contributed by atoms with E-state index in [4.69, 9.17) is 22.8 Å². The van der Waals surface area contributed by atoms with Crippen LogP contribution in [0.1, 0.15) is 0 Å². The Morgan fingerprint density at radius 2 is 1.93 bits per heavy atom. The van der Waals surface area contributed by atoms with Crippen LogP contribution in [-0.4, -0.2) is 15.2 Å². The standard InChI is InChI=1S/C6H3Cl2N2O2P.Y/c7-3-1-2-4(13(8)11)6-5(3)9-12-10-6;/h1-2,11H;/p+1. The molecule has 14 heavy (non-hydrogen) atoms. The van der Waals surface area contributed by atoms with Gasteiger partial charge in [0.25, 0.3) is 7.50 Å². The first-order valence-electron chi connectivity index (χ1n) is 3.32. The number of nitrogens with zero attached hydrogens (tertiary/aromatic N) is 2. The van der Waals surface area contributed by atoms with E-state index in [0.29, 0.717) is 21.4 Å². The fourth-order valence-corrected chi connectivity index (χ4v) is 2.23. The van der Waals surface area contributed by atoms with Gasteiger partial charge in [-0.15, -0.1) is 0 Å². The summed E-state index contributed by atoms with van der Waals surface area (Å²) in [7, 11) is -2.07. The number of halogens is 2. The topological polar surface area (TPSA) is 59.2 Å². The molecule has 0 aliphatic carbocycles. The molecule has 0 saturated carbocycles. The molecule has 1 heterocycles. The molecule has 1 radical (unpaired) electrons. The SMILES string of the molecule is O[PH+](Cl)c1ccc(Cl)c2nonc12.[Y]. The molecule has 0 aliphatic rings. The molecule has 1 atom stereocenters. The Morgan fingerprint density at radius 3 is 2.57 bits per heavy atom. The van der Waals surface area contributed by atoms with Crippen LogP contribution in [0.2, 0.25) is 5.02 Å². The van der Waals surface area contributed by atoms with Gasteiger partial charge in [-0.2, -0.15) is 0 Å². The number of fused-ring (bicyclic) bond motifs is 1. The molecule has 1 unspecified atom stereocenters. The van der Waals surface area contributed by atoms with Gasteiger partial charge in [0.05, 0.1) is 5.02 Å². The summed E-state index contributed by atoms with van der Waals surface area (Å²) in [6.45, 7) is 0. The first-order chi connectivity index (χ1) is 6.20. The summed E-state index contributed by atoms with van der Waals surface area (Å²) in [5.41, 5.74) is 0.857. The zero-order valence-electron chi connectivity index (χ0n) is 6.74. The van der Waals surface area contributed by atoms with Gasteiger partial charge < -0.3 is 0 Å². The summed E-state index contributed by atoms with van der Waals surface area (Å²) >= 11 is 11.4. The third-order valence-electron chi connectivity index (χ3n) is 1.59. The van der Waals surface area contributed by atoms with E-state index < -0.39 is 7.50 Å². The van der Waals surface area contributed by atoms with Gasteiger partial charge in [-0.25, -0.2) is 9.52 Å². The van der Waals surface area contributed by atoms with E-state index in [1.165, 1.54) is 0 Å². The average molecular weight is 327 g/mol. The van der Waals surface area contributed by atoms with E-state index in [2.05, 4.69) is 14.9 Å². The van der Waals surface area contributed by atoms with Crippen LogP contribution >= 0.6 is 30.3 Å². The molecular formula is C6H4Cl2N2O2PY+. The summed E-state index contributed by atoms with van der Waals surface area (Å²) in [5, 5.41) is 8.17. The second-order valence-corrected chi connectivity index (χ2v) is 4.95. The van der Waals surface area contributed by atoms with Crippen LogP contribution in [0.3, 0.4) is 0 Å². The van der Waals surface area contributed by atoms with Gasteiger partial charge in [0, 0.05) is 32.7 Å².